The summed E-state index contributed by atoms with van der Waals surface area (Å²) in [6.45, 7) is 1.56. The fraction of sp³-hybridized carbons (Fsp3) is 0.160. The number of carbonyl (C=O) groups is 3. The van der Waals surface area contributed by atoms with Gasteiger partial charge in [0.15, 0.2) is 0 Å². The summed E-state index contributed by atoms with van der Waals surface area (Å²) in [5, 5.41) is 3.01. The third-order valence-corrected chi connectivity index (χ3v) is 5.46. The van der Waals surface area contributed by atoms with Gasteiger partial charge in [-0.3, -0.25) is 19.3 Å². The van der Waals surface area contributed by atoms with Gasteiger partial charge < -0.3 is 10.1 Å². The number of fused-ring (bicyclic) bond motifs is 1. The van der Waals surface area contributed by atoms with Crippen LogP contribution < -0.4 is 10.1 Å². The maximum absolute atomic E-state index is 13.2. The van der Waals surface area contributed by atoms with Crippen LogP contribution in [0.4, 0.5) is 0 Å². The van der Waals surface area contributed by atoms with E-state index in [9.17, 15) is 14.4 Å². The van der Waals surface area contributed by atoms with Crippen LogP contribution in [0, 0.1) is 0 Å². The van der Waals surface area contributed by atoms with Crippen LogP contribution in [0.1, 0.15) is 44.8 Å². The highest BCUT2D eigenvalue weighted by Crippen LogP contribution is 2.27. The lowest BCUT2D eigenvalue weighted by atomic mass is 9.98. The zero-order valence-electron chi connectivity index (χ0n) is 17.2. The van der Waals surface area contributed by atoms with Gasteiger partial charge in [-0.05, 0) is 42.3 Å². The van der Waals surface area contributed by atoms with Crippen LogP contribution in [0.25, 0.3) is 0 Å². The Morgan fingerprint density at radius 1 is 0.806 bits per heavy atom. The maximum atomic E-state index is 13.2. The highest BCUT2D eigenvalue weighted by atomic mass is 16.5. The smallest absolute Gasteiger partial charge is 0.262 e. The van der Waals surface area contributed by atoms with E-state index in [0.717, 1.165) is 16.0 Å². The Morgan fingerprint density at radius 3 is 1.87 bits per heavy atom. The highest BCUT2D eigenvalue weighted by molar-refractivity contribution is 6.22. The van der Waals surface area contributed by atoms with E-state index >= 15 is 0 Å². The molecule has 3 aromatic carbocycles. The number of rotatable bonds is 6. The van der Waals surface area contributed by atoms with Crippen molar-refractivity contribution < 1.29 is 19.1 Å². The van der Waals surface area contributed by atoms with E-state index in [1.165, 1.54) is 0 Å². The van der Waals surface area contributed by atoms with E-state index in [0.29, 0.717) is 16.9 Å². The largest absolute Gasteiger partial charge is 0.497 e. The van der Waals surface area contributed by atoms with Crippen molar-refractivity contribution in [2.75, 3.05) is 7.11 Å². The first kappa shape index (κ1) is 20.3. The normalized spacial score (nSPS) is 14.7. The summed E-state index contributed by atoms with van der Waals surface area (Å²) in [6, 6.07) is 22.1. The summed E-state index contributed by atoms with van der Waals surface area (Å²) in [7, 11) is 1.59. The van der Waals surface area contributed by atoms with E-state index in [2.05, 4.69) is 5.32 Å². The van der Waals surface area contributed by atoms with Gasteiger partial charge in [-0.1, -0.05) is 54.6 Å². The van der Waals surface area contributed by atoms with Gasteiger partial charge in [0, 0.05) is 0 Å². The molecule has 1 N–H and O–H groups in total. The molecule has 0 bridgehead atoms. The lowest BCUT2D eigenvalue weighted by Gasteiger charge is -2.26. The third kappa shape index (κ3) is 3.80. The molecule has 0 unspecified atom stereocenters. The molecule has 4 rings (SSSR count). The number of carbonyl (C=O) groups excluding carboxylic acids is 3. The Kier molecular flexibility index (Phi) is 5.54. The monoisotopic (exact) mass is 414 g/mol. The number of hydrogen-bond acceptors (Lipinski definition) is 4. The molecule has 0 aliphatic carbocycles. The predicted molar refractivity (Wildman–Crippen MR) is 116 cm³/mol. The van der Waals surface area contributed by atoms with Gasteiger partial charge in [-0.15, -0.1) is 0 Å². The van der Waals surface area contributed by atoms with Crippen molar-refractivity contribution in [3.05, 3.63) is 101 Å². The first-order valence-electron chi connectivity index (χ1n) is 9.97. The maximum Gasteiger partial charge on any atom is 0.262 e. The van der Waals surface area contributed by atoms with Crippen LogP contribution in [0.3, 0.4) is 0 Å². The van der Waals surface area contributed by atoms with Gasteiger partial charge in [-0.2, -0.15) is 0 Å². The van der Waals surface area contributed by atoms with Crippen molar-refractivity contribution in [3.63, 3.8) is 0 Å². The molecule has 0 aromatic heterocycles. The molecule has 1 heterocycles. The van der Waals surface area contributed by atoms with E-state index < -0.39 is 29.8 Å². The average Bonchev–Trinajstić information content (AvgIpc) is 3.07. The van der Waals surface area contributed by atoms with Crippen LogP contribution in [-0.4, -0.2) is 35.8 Å². The van der Waals surface area contributed by atoms with Gasteiger partial charge in [0.25, 0.3) is 11.8 Å². The summed E-state index contributed by atoms with van der Waals surface area (Å²) in [4.78, 5) is 39.7. The predicted octanol–water partition coefficient (Wildman–Crippen LogP) is 3.59. The summed E-state index contributed by atoms with van der Waals surface area (Å²) in [5.74, 6) is -0.617. The second kappa shape index (κ2) is 8.44. The van der Waals surface area contributed by atoms with Crippen LogP contribution in [-0.2, 0) is 4.79 Å². The number of nitrogens with one attached hydrogen (secondary N) is 1. The summed E-state index contributed by atoms with van der Waals surface area (Å²) in [5.41, 5.74) is 2.38. The molecule has 3 aromatic rings. The van der Waals surface area contributed by atoms with E-state index in [4.69, 9.17) is 4.74 Å². The van der Waals surface area contributed by atoms with Gasteiger partial charge in [0.2, 0.25) is 5.91 Å². The molecule has 6 nitrogen and oxygen atoms in total. The zero-order chi connectivity index (χ0) is 22.0. The fourth-order valence-electron chi connectivity index (χ4n) is 3.74. The number of imide groups is 1. The molecule has 6 heteroatoms. The molecule has 0 saturated heterocycles. The highest BCUT2D eigenvalue weighted by Gasteiger charge is 2.41. The molecule has 3 amide bonds. The van der Waals surface area contributed by atoms with Crippen LogP contribution in [0.2, 0.25) is 0 Å². The van der Waals surface area contributed by atoms with Crippen LogP contribution in [0.5, 0.6) is 5.75 Å². The number of hydrogen-bond donors (Lipinski definition) is 1. The van der Waals surface area contributed by atoms with Crippen LogP contribution >= 0.6 is 0 Å². The molecule has 1 aliphatic rings. The number of ether oxygens (including phenoxy) is 1. The van der Waals surface area contributed by atoms with E-state index in [1.54, 1.807) is 38.3 Å². The SMILES string of the molecule is COc1ccc([C@H](NC(=O)[C@@H](C)N2C(=O)c3ccccc3C2=O)c2ccccc2)cc1. The minimum atomic E-state index is -0.961. The molecule has 156 valence electrons. The second-order valence-electron chi connectivity index (χ2n) is 7.33. The zero-order valence-corrected chi connectivity index (χ0v) is 17.2. The second-order valence-corrected chi connectivity index (χ2v) is 7.33. The third-order valence-electron chi connectivity index (χ3n) is 5.46. The Morgan fingerprint density at radius 2 is 1.32 bits per heavy atom. The van der Waals surface area contributed by atoms with E-state index in [-0.39, 0.29) is 0 Å². The van der Waals surface area contributed by atoms with Crippen molar-refractivity contribution in [2.24, 2.45) is 0 Å². The fourth-order valence-corrected chi connectivity index (χ4v) is 3.74. The molecule has 0 spiro atoms. The topological polar surface area (TPSA) is 75.7 Å². The minimum absolute atomic E-state index is 0.321. The van der Waals surface area contributed by atoms with Crippen molar-refractivity contribution >= 4 is 17.7 Å². The number of benzene rings is 3. The summed E-state index contributed by atoms with van der Waals surface area (Å²) >= 11 is 0. The lowest BCUT2D eigenvalue weighted by molar-refractivity contribution is -0.125. The van der Waals surface area contributed by atoms with Crippen molar-refractivity contribution in [3.8, 4) is 5.75 Å². The van der Waals surface area contributed by atoms with Gasteiger partial charge in [-0.25, -0.2) is 0 Å². The van der Waals surface area contributed by atoms with Gasteiger partial charge >= 0.3 is 0 Å². The van der Waals surface area contributed by atoms with Gasteiger partial charge in [0.05, 0.1) is 24.3 Å². The molecular weight excluding hydrogens is 392 g/mol. The van der Waals surface area contributed by atoms with Crippen molar-refractivity contribution in [1.82, 2.24) is 10.2 Å². The Hall–Kier alpha value is -3.93. The molecule has 0 radical (unpaired) electrons. The lowest BCUT2D eigenvalue weighted by Crippen LogP contribution is -2.48. The van der Waals surface area contributed by atoms with Gasteiger partial charge in [0.1, 0.15) is 11.8 Å². The molecule has 0 fully saturated rings. The number of amides is 3. The summed E-state index contributed by atoms with van der Waals surface area (Å²) in [6.07, 6.45) is 0. The van der Waals surface area contributed by atoms with Crippen LogP contribution in [0.15, 0.2) is 78.9 Å². The summed E-state index contributed by atoms with van der Waals surface area (Å²) < 4.78 is 5.23. The average molecular weight is 414 g/mol. The molecular formula is C25H22N2O4. The first-order valence-corrected chi connectivity index (χ1v) is 9.97. The van der Waals surface area contributed by atoms with Crippen molar-refractivity contribution in [1.29, 1.82) is 0 Å². The Labute approximate surface area is 180 Å². The Bertz CT molecular complexity index is 1090. The molecule has 1 aliphatic heterocycles. The molecule has 0 saturated carbocycles. The standard InChI is InChI=1S/C25H22N2O4/c1-16(27-24(29)20-10-6-7-11-21(20)25(27)30)23(28)26-22(17-8-4-3-5-9-17)18-12-14-19(31-2)15-13-18/h3-16,22H,1-2H3,(H,26,28)/t16-,22-/m1/s1. The number of methoxy groups -OCH3 is 1. The molecule has 2 atom stereocenters. The Balaban J connectivity index is 1.60. The number of nitrogens with zero attached hydrogens (tertiary/aromatic N) is 1. The van der Waals surface area contributed by atoms with E-state index in [1.807, 2.05) is 54.6 Å². The molecule has 31 heavy (non-hydrogen) atoms. The minimum Gasteiger partial charge on any atom is -0.497 e. The first-order chi connectivity index (χ1) is 15.0. The van der Waals surface area contributed by atoms with Crippen molar-refractivity contribution in [2.45, 2.75) is 19.0 Å². The quantitative estimate of drug-likeness (QED) is 0.626.